The first-order valence-electron chi connectivity index (χ1n) is 8.58. The number of aromatic nitrogens is 3. The third kappa shape index (κ3) is 3.26. The largest absolute Gasteiger partial charge is 0.384 e. The minimum absolute atomic E-state index is 0.00316. The molecule has 4 rings (SSSR count). The van der Waals surface area contributed by atoms with Crippen LogP contribution in [0.5, 0.6) is 0 Å². The zero-order valence-corrected chi connectivity index (χ0v) is 14.2. The predicted molar refractivity (Wildman–Crippen MR) is 99.4 cm³/mol. The van der Waals surface area contributed by atoms with Gasteiger partial charge < -0.3 is 10.6 Å². The summed E-state index contributed by atoms with van der Waals surface area (Å²) in [6, 6.07) is 11.4. The van der Waals surface area contributed by atoms with Crippen LogP contribution in [0.4, 0.5) is 5.82 Å². The number of hydrogen-bond donors (Lipinski definition) is 1. The van der Waals surface area contributed by atoms with Gasteiger partial charge in [-0.1, -0.05) is 0 Å². The molecule has 0 bridgehead atoms. The molecular formula is C20H19N5O. The quantitative estimate of drug-likeness (QED) is 0.789. The molecule has 1 aliphatic rings. The van der Waals surface area contributed by atoms with E-state index in [0.717, 1.165) is 24.2 Å². The molecule has 1 amide bonds. The number of anilines is 1. The van der Waals surface area contributed by atoms with Crippen molar-refractivity contribution in [2.45, 2.75) is 12.3 Å². The second-order valence-electron chi connectivity index (χ2n) is 6.42. The Kier molecular flexibility index (Phi) is 4.31. The summed E-state index contributed by atoms with van der Waals surface area (Å²) in [5.74, 6) is 0.731. The number of likely N-dealkylation sites (tertiary alicyclic amines) is 1. The predicted octanol–water partition coefficient (Wildman–Crippen LogP) is 2.75. The average Bonchev–Trinajstić information content (AvgIpc) is 3.19. The normalized spacial score (nSPS) is 16.6. The van der Waals surface area contributed by atoms with E-state index in [2.05, 4.69) is 21.0 Å². The highest BCUT2D eigenvalue weighted by Crippen LogP contribution is 2.30. The summed E-state index contributed by atoms with van der Waals surface area (Å²) in [6.45, 7) is 1.43. The molecule has 0 radical (unpaired) electrons. The lowest BCUT2D eigenvalue weighted by Crippen LogP contribution is -2.28. The van der Waals surface area contributed by atoms with Gasteiger partial charge in [-0.2, -0.15) is 0 Å². The molecule has 0 unspecified atom stereocenters. The number of pyridine rings is 3. The Balaban J connectivity index is 1.50. The number of amides is 1. The van der Waals surface area contributed by atoms with Gasteiger partial charge in [-0.25, -0.2) is 4.98 Å². The van der Waals surface area contributed by atoms with Gasteiger partial charge in [-0.3, -0.25) is 14.8 Å². The number of hydrogen-bond acceptors (Lipinski definition) is 5. The van der Waals surface area contributed by atoms with Gasteiger partial charge in [0.15, 0.2) is 0 Å². The molecule has 0 aliphatic carbocycles. The van der Waals surface area contributed by atoms with Crippen LogP contribution in [0, 0.1) is 0 Å². The van der Waals surface area contributed by atoms with Gasteiger partial charge in [0.2, 0.25) is 0 Å². The van der Waals surface area contributed by atoms with E-state index in [1.54, 1.807) is 30.7 Å². The standard InChI is InChI=1S/C20H19N5O/c21-19-2-1-16(12-24-19)20(26)25-10-6-17(13-25)15-5-9-23-18(11-15)14-3-7-22-8-4-14/h1-5,7-9,11-12,17H,6,10,13H2,(H2,21,24)/t17-/m0/s1. The molecule has 3 aromatic rings. The van der Waals surface area contributed by atoms with Crippen LogP contribution in [0.2, 0.25) is 0 Å². The molecule has 0 saturated carbocycles. The zero-order chi connectivity index (χ0) is 17.9. The molecule has 0 aromatic carbocycles. The Labute approximate surface area is 151 Å². The van der Waals surface area contributed by atoms with E-state index in [4.69, 9.17) is 5.73 Å². The fourth-order valence-electron chi connectivity index (χ4n) is 3.31. The summed E-state index contributed by atoms with van der Waals surface area (Å²) in [4.78, 5) is 27.1. The molecule has 4 heterocycles. The average molecular weight is 345 g/mol. The van der Waals surface area contributed by atoms with Crippen molar-refractivity contribution in [1.82, 2.24) is 19.9 Å². The smallest absolute Gasteiger partial charge is 0.255 e. The fourth-order valence-corrected chi connectivity index (χ4v) is 3.31. The van der Waals surface area contributed by atoms with Crippen molar-refractivity contribution in [3.8, 4) is 11.3 Å². The van der Waals surface area contributed by atoms with Gasteiger partial charge >= 0.3 is 0 Å². The maximum absolute atomic E-state index is 12.6. The molecule has 6 nitrogen and oxygen atoms in total. The SMILES string of the molecule is Nc1ccc(C(=O)N2CC[C@H](c3ccnc(-c4ccncc4)c3)C2)cn1. The summed E-state index contributed by atoms with van der Waals surface area (Å²) in [7, 11) is 0. The third-order valence-electron chi connectivity index (χ3n) is 4.74. The number of nitrogen functional groups attached to an aromatic ring is 1. The summed E-state index contributed by atoms with van der Waals surface area (Å²) in [5.41, 5.74) is 9.35. The molecule has 26 heavy (non-hydrogen) atoms. The molecule has 1 saturated heterocycles. The Hall–Kier alpha value is -3.28. The van der Waals surface area contributed by atoms with E-state index in [9.17, 15) is 4.79 Å². The van der Waals surface area contributed by atoms with Gasteiger partial charge in [0.05, 0.1) is 11.3 Å². The van der Waals surface area contributed by atoms with Gasteiger partial charge in [0.1, 0.15) is 5.82 Å². The van der Waals surface area contributed by atoms with E-state index < -0.39 is 0 Å². The first kappa shape index (κ1) is 16.2. The zero-order valence-electron chi connectivity index (χ0n) is 14.2. The first-order valence-corrected chi connectivity index (χ1v) is 8.58. The van der Waals surface area contributed by atoms with Crippen LogP contribution in [0.15, 0.2) is 61.2 Å². The van der Waals surface area contributed by atoms with E-state index in [0.29, 0.717) is 23.8 Å². The van der Waals surface area contributed by atoms with Crippen LogP contribution in [0.1, 0.15) is 28.3 Å². The molecule has 3 aromatic heterocycles. The minimum atomic E-state index is 0.00316. The highest BCUT2D eigenvalue weighted by Gasteiger charge is 2.28. The van der Waals surface area contributed by atoms with Crippen molar-refractivity contribution in [2.75, 3.05) is 18.8 Å². The van der Waals surface area contributed by atoms with Crippen molar-refractivity contribution in [3.63, 3.8) is 0 Å². The highest BCUT2D eigenvalue weighted by molar-refractivity contribution is 5.94. The molecule has 130 valence electrons. The lowest BCUT2D eigenvalue weighted by Gasteiger charge is -2.17. The van der Waals surface area contributed by atoms with Crippen molar-refractivity contribution in [3.05, 3.63) is 72.3 Å². The van der Waals surface area contributed by atoms with Crippen LogP contribution in [-0.4, -0.2) is 38.8 Å². The van der Waals surface area contributed by atoms with Crippen LogP contribution < -0.4 is 5.73 Å². The number of carbonyl (C=O) groups is 1. The second-order valence-corrected chi connectivity index (χ2v) is 6.42. The summed E-state index contributed by atoms with van der Waals surface area (Å²) < 4.78 is 0. The first-order chi connectivity index (χ1) is 12.7. The van der Waals surface area contributed by atoms with Crippen LogP contribution in [-0.2, 0) is 0 Å². The number of nitrogens with two attached hydrogens (primary N) is 1. The summed E-state index contributed by atoms with van der Waals surface area (Å²) in [5, 5.41) is 0. The molecular weight excluding hydrogens is 326 g/mol. The minimum Gasteiger partial charge on any atom is -0.384 e. The maximum Gasteiger partial charge on any atom is 0.255 e. The van der Waals surface area contributed by atoms with Crippen molar-refractivity contribution < 1.29 is 4.79 Å². The van der Waals surface area contributed by atoms with E-state index in [1.807, 2.05) is 29.3 Å². The Morgan fingerprint density at radius 3 is 2.69 bits per heavy atom. The number of nitrogens with zero attached hydrogens (tertiary/aromatic N) is 4. The summed E-state index contributed by atoms with van der Waals surface area (Å²) in [6.07, 6.45) is 7.84. The lowest BCUT2D eigenvalue weighted by atomic mass is 9.97. The molecule has 6 heteroatoms. The molecule has 1 aliphatic heterocycles. The van der Waals surface area contributed by atoms with E-state index >= 15 is 0 Å². The van der Waals surface area contributed by atoms with Crippen LogP contribution in [0.25, 0.3) is 11.3 Å². The monoisotopic (exact) mass is 345 g/mol. The topological polar surface area (TPSA) is 85.0 Å². The highest BCUT2D eigenvalue weighted by atomic mass is 16.2. The van der Waals surface area contributed by atoms with Crippen molar-refractivity contribution in [1.29, 1.82) is 0 Å². The van der Waals surface area contributed by atoms with E-state index in [1.165, 1.54) is 5.56 Å². The van der Waals surface area contributed by atoms with Gasteiger partial charge in [0.25, 0.3) is 5.91 Å². The lowest BCUT2D eigenvalue weighted by molar-refractivity contribution is 0.0790. The number of rotatable bonds is 3. The Morgan fingerprint density at radius 2 is 1.92 bits per heavy atom. The van der Waals surface area contributed by atoms with Crippen LogP contribution in [0.3, 0.4) is 0 Å². The summed E-state index contributed by atoms with van der Waals surface area (Å²) >= 11 is 0. The molecule has 2 N–H and O–H groups in total. The molecule has 1 fully saturated rings. The third-order valence-corrected chi connectivity index (χ3v) is 4.74. The molecule has 0 spiro atoms. The Bertz CT molecular complexity index is 911. The fraction of sp³-hybridized carbons (Fsp3) is 0.200. The van der Waals surface area contributed by atoms with Crippen LogP contribution >= 0.6 is 0 Å². The van der Waals surface area contributed by atoms with Gasteiger partial charge in [-0.15, -0.1) is 0 Å². The maximum atomic E-state index is 12.6. The van der Waals surface area contributed by atoms with E-state index in [-0.39, 0.29) is 5.91 Å². The second kappa shape index (κ2) is 6.92. The van der Waals surface area contributed by atoms with Gasteiger partial charge in [0, 0.05) is 49.4 Å². The van der Waals surface area contributed by atoms with Crippen molar-refractivity contribution >= 4 is 11.7 Å². The number of carbonyl (C=O) groups excluding carboxylic acids is 1. The molecule has 1 atom stereocenters. The van der Waals surface area contributed by atoms with Crippen molar-refractivity contribution in [2.24, 2.45) is 0 Å². The Morgan fingerprint density at radius 1 is 1.08 bits per heavy atom. The van der Waals surface area contributed by atoms with Gasteiger partial charge in [-0.05, 0) is 48.4 Å².